The fraction of sp³-hybridized carbons (Fsp3) is 0.776. The molecule has 1 atom stereocenters. The summed E-state index contributed by atoms with van der Waals surface area (Å²) in [6.07, 6.45) is 93.2. The molecule has 0 fully saturated rings. The molecule has 0 aliphatic carbocycles. The molecule has 0 N–H and O–H groups in total. The molecular weight excluding hydrogens is 1010 g/mol. The summed E-state index contributed by atoms with van der Waals surface area (Å²) < 4.78 is 17.0. The van der Waals surface area contributed by atoms with Gasteiger partial charge in [0.05, 0.1) is 0 Å². The Kier molecular flexibility index (Phi) is 67.2. The van der Waals surface area contributed by atoms with E-state index in [1.54, 1.807) is 0 Å². The van der Waals surface area contributed by atoms with Gasteiger partial charge in [0.2, 0.25) is 0 Å². The topological polar surface area (TPSA) is 78.9 Å². The van der Waals surface area contributed by atoms with Gasteiger partial charge in [0, 0.05) is 19.3 Å². The highest BCUT2D eigenvalue weighted by atomic mass is 16.6. The number of allylic oxidation sites excluding steroid dienone is 14. The summed E-state index contributed by atoms with van der Waals surface area (Å²) in [5.41, 5.74) is 0. The zero-order chi connectivity index (χ0) is 59.2. The van der Waals surface area contributed by atoms with E-state index in [9.17, 15) is 14.4 Å². The Morgan fingerprint density at radius 2 is 0.476 bits per heavy atom. The molecule has 0 bridgehead atoms. The van der Waals surface area contributed by atoms with Gasteiger partial charge in [-0.3, -0.25) is 14.4 Å². The molecule has 0 aromatic heterocycles. The Morgan fingerprint density at radius 3 is 0.768 bits per heavy atom. The van der Waals surface area contributed by atoms with Gasteiger partial charge in [0.25, 0.3) is 0 Å². The molecule has 0 spiro atoms. The largest absolute Gasteiger partial charge is 0.462 e. The van der Waals surface area contributed by atoms with Crippen molar-refractivity contribution in [3.05, 3.63) is 85.1 Å². The van der Waals surface area contributed by atoms with Gasteiger partial charge in [-0.25, -0.2) is 0 Å². The van der Waals surface area contributed by atoms with Crippen LogP contribution in [0.15, 0.2) is 85.1 Å². The molecule has 0 heterocycles. The van der Waals surface area contributed by atoms with Crippen molar-refractivity contribution in [2.24, 2.45) is 0 Å². The smallest absolute Gasteiger partial charge is 0.306 e. The number of rotatable bonds is 65. The first-order chi connectivity index (χ1) is 40.5. The summed E-state index contributed by atoms with van der Waals surface area (Å²) in [5.74, 6) is -0.871. The van der Waals surface area contributed by atoms with Crippen LogP contribution in [0.5, 0.6) is 0 Å². The van der Waals surface area contributed by atoms with Crippen molar-refractivity contribution >= 4 is 17.9 Å². The lowest BCUT2D eigenvalue weighted by Crippen LogP contribution is -2.30. The molecule has 1 unspecified atom stereocenters. The van der Waals surface area contributed by atoms with Gasteiger partial charge in [0.1, 0.15) is 13.2 Å². The molecule has 0 aromatic carbocycles. The van der Waals surface area contributed by atoms with Crippen molar-refractivity contribution in [1.82, 2.24) is 0 Å². The number of carbonyl (C=O) groups excluding carboxylic acids is 3. The average molecular weight is 1140 g/mol. The van der Waals surface area contributed by atoms with Crippen LogP contribution >= 0.6 is 0 Å². The summed E-state index contributed by atoms with van der Waals surface area (Å²) in [6, 6.07) is 0. The van der Waals surface area contributed by atoms with Crippen molar-refractivity contribution in [3.63, 3.8) is 0 Å². The predicted octanol–water partition coefficient (Wildman–Crippen LogP) is 24.6. The molecule has 0 aliphatic rings. The Bertz CT molecular complexity index is 1550. The zero-order valence-electron chi connectivity index (χ0n) is 54.5. The Labute approximate surface area is 509 Å². The van der Waals surface area contributed by atoms with Gasteiger partial charge >= 0.3 is 17.9 Å². The minimum Gasteiger partial charge on any atom is -0.462 e. The van der Waals surface area contributed by atoms with Gasteiger partial charge in [0.15, 0.2) is 6.10 Å². The van der Waals surface area contributed by atoms with E-state index >= 15 is 0 Å². The van der Waals surface area contributed by atoms with E-state index in [0.717, 1.165) is 109 Å². The lowest BCUT2D eigenvalue weighted by molar-refractivity contribution is -0.167. The molecule has 6 nitrogen and oxygen atoms in total. The second kappa shape index (κ2) is 70.1. The number of carbonyl (C=O) groups is 3. The van der Waals surface area contributed by atoms with Crippen molar-refractivity contribution in [3.8, 4) is 0 Å². The van der Waals surface area contributed by atoms with Crippen LogP contribution in [-0.4, -0.2) is 37.2 Å². The fourth-order valence-electron chi connectivity index (χ4n) is 10.3. The minimum absolute atomic E-state index is 0.0775. The molecular formula is C76H134O6. The lowest BCUT2D eigenvalue weighted by atomic mass is 10.0. The summed E-state index contributed by atoms with van der Waals surface area (Å²) in [6.45, 7) is 6.54. The van der Waals surface area contributed by atoms with Crippen molar-refractivity contribution in [1.29, 1.82) is 0 Å². The third-order valence-electron chi connectivity index (χ3n) is 15.6. The fourth-order valence-corrected chi connectivity index (χ4v) is 10.3. The first-order valence-corrected chi connectivity index (χ1v) is 35.6. The van der Waals surface area contributed by atoms with Crippen molar-refractivity contribution in [2.75, 3.05) is 13.2 Å². The van der Waals surface area contributed by atoms with Crippen LogP contribution in [0.25, 0.3) is 0 Å². The molecule has 6 heteroatoms. The molecule has 0 aliphatic heterocycles. The first kappa shape index (κ1) is 78.6. The van der Waals surface area contributed by atoms with Crippen LogP contribution in [0, 0.1) is 0 Å². The van der Waals surface area contributed by atoms with Crippen LogP contribution in [0.2, 0.25) is 0 Å². The van der Waals surface area contributed by atoms with E-state index in [1.165, 1.54) is 212 Å². The number of hydrogen-bond acceptors (Lipinski definition) is 6. The first-order valence-electron chi connectivity index (χ1n) is 35.6. The van der Waals surface area contributed by atoms with E-state index in [1.807, 2.05) is 0 Å². The molecule has 82 heavy (non-hydrogen) atoms. The summed E-state index contributed by atoms with van der Waals surface area (Å²) >= 11 is 0. The van der Waals surface area contributed by atoms with Gasteiger partial charge in [-0.2, -0.15) is 0 Å². The molecule has 0 aromatic rings. The monoisotopic (exact) mass is 1140 g/mol. The highest BCUT2D eigenvalue weighted by molar-refractivity contribution is 5.71. The van der Waals surface area contributed by atoms with Crippen molar-refractivity contribution in [2.45, 2.75) is 367 Å². The van der Waals surface area contributed by atoms with Crippen LogP contribution in [0.4, 0.5) is 0 Å². The quantitative estimate of drug-likeness (QED) is 0.0261. The second-order valence-corrected chi connectivity index (χ2v) is 23.8. The van der Waals surface area contributed by atoms with E-state index in [4.69, 9.17) is 14.2 Å². The zero-order valence-corrected chi connectivity index (χ0v) is 54.5. The van der Waals surface area contributed by atoms with Crippen LogP contribution in [0.3, 0.4) is 0 Å². The van der Waals surface area contributed by atoms with Gasteiger partial charge in [-0.05, 0) is 96.3 Å². The van der Waals surface area contributed by atoms with E-state index in [0.29, 0.717) is 19.3 Å². The maximum atomic E-state index is 13.0. The van der Waals surface area contributed by atoms with Gasteiger partial charge in [-0.1, -0.05) is 331 Å². The normalized spacial score (nSPS) is 12.6. The summed E-state index contributed by atoms with van der Waals surface area (Å²) in [5, 5.41) is 0. The third-order valence-corrected chi connectivity index (χ3v) is 15.6. The predicted molar refractivity (Wildman–Crippen MR) is 358 cm³/mol. The highest BCUT2D eigenvalue weighted by Gasteiger charge is 2.19. The highest BCUT2D eigenvalue weighted by Crippen LogP contribution is 2.18. The standard InChI is InChI=1S/C76H134O6/c1-4-7-10-13-16-19-22-25-28-30-32-34-35-36-37-38-39-40-41-42-44-45-48-51-54-57-60-63-66-69-75(78)81-72-73(71-80-74(77)68-65-62-59-56-53-50-47-27-24-21-18-15-12-9-6-3)82-76(79)70-67-64-61-58-55-52-49-46-43-33-31-29-26-23-20-17-14-11-8-5-2/h7,10,16,18-19,21,25,27-28,32,34,36-37,47,73H,4-6,8-9,11-15,17,20,22-24,26,29-31,33,35,38-46,48-72H2,1-3H3/b10-7-,19-16-,21-18-,28-25-,34-32-,37-36-,47-27-. The molecule has 0 amide bonds. The maximum absolute atomic E-state index is 13.0. The third kappa shape index (κ3) is 67.4. The Morgan fingerprint density at radius 1 is 0.256 bits per heavy atom. The second-order valence-electron chi connectivity index (χ2n) is 23.8. The molecule has 0 radical (unpaired) electrons. The van der Waals surface area contributed by atoms with E-state index in [-0.39, 0.29) is 31.1 Å². The van der Waals surface area contributed by atoms with Gasteiger partial charge in [-0.15, -0.1) is 0 Å². The van der Waals surface area contributed by atoms with Crippen LogP contribution in [0.1, 0.15) is 361 Å². The Hall–Kier alpha value is -3.41. The SMILES string of the molecule is CC/C=C\C/C=C\C/C=C\C/C=C\C/C=C\CCCCCCCCCCCCCCCC(=O)OCC(COC(=O)CCCCCCC/C=C\C/C=C\CCCCC)OC(=O)CCCCCCCCCCCCCCCCCCCCCC. The molecule has 0 rings (SSSR count). The summed E-state index contributed by atoms with van der Waals surface area (Å²) in [4.78, 5) is 38.5. The van der Waals surface area contributed by atoms with Crippen molar-refractivity contribution < 1.29 is 28.6 Å². The number of ether oxygens (including phenoxy) is 3. The minimum atomic E-state index is -0.782. The molecule has 0 saturated heterocycles. The van der Waals surface area contributed by atoms with Gasteiger partial charge < -0.3 is 14.2 Å². The number of unbranched alkanes of at least 4 members (excludes halogenated alkanes) is 40. The number of esters is 3. The lowest BCUT2D eigenvalue weighted by Gasteiger charge is -2.18. The summed E-state index contributed by atoms with van der Waals surface area (Å²) in [7, 11) is 0. The van der Waals surface area contributed by atoms with E-state index in [2.05, 4.69) is 106 Å². The van der Waals surface area contributed by atoms with Crippen LogP contribution in [-0.2, 0) is 28.6 Å². The Balaban J connectivity index is 4.28. The van der Waals surface area contributed by atoms with E-state index < -0.39 is 6.10 Å². The molecule has 0 saturated carbocycles. The van der Waals surface area contributed by atoms with Crippen LogP contribution < -0.4 is 0 Å². The number of hydrogen-bond donors (Lipinski definition) is 0. The molecule has 474 valence electrons. The average Bonchev–Trinajstić information content (AvgIpc) is 3.47. The maximum Gasteiger partial charge on any atom is 0.306 e.